The molecule has 4 rings (SSSR count). The highest BCUT2D eigenvalue weighted by atomic mass is 35.5. The maximum Gasteiger partial charge on any atom is 0.268 e. The van der Waals surface area contributed by atoms with Crippen LogP contribution in [0.2, 0.25) is 5.02 Å². The molecule has 8 heteroatoms. The van der Waals surface area contributed by atoms with E-state index in [0.717, 1.165) is 20.7 Å². The number of carbonyl (C=O) groups excluding carboxylic acids is 3. The zero-order chi connectivity index (χ0) is 20.0. The molecule has 0 fully saturated rings. The van der Waals surface area contributed by atoms with Crippen molar-refractivity contribution in [2.75, 3.05) is 6.54 Å². The number of rotatable bonds is 3. The molecule has 0 radical (unpaired) electrons. The Morgan fingerprint density at radius 2 is 1.79 bits per heavy atom. The molecule has 1 aromatic heterocycles. The molecule has 0 aliphatic carbocycles. The molecule has 0 saturated heterocycles. The van der Waals surface area contributed by atoms with E-state index in [2.05, 4.69) is 4.99 Å². The molecule has 1 aliphatic heterocycles. The van der Waals surface area contributed by atoms with E-state index in [1.807, 2.05) is 30.5 Å². The number of halogens is 1. The molecule has 2 heterocycles. The van der Waals surface area contributed by atoms with Crippen LogP contribution in [0.5, 0.6) is 0 Å². The Labute approximate surface area is 169 Å². The summed E-state index contributed by atoms with van der Waals surface area (Å²) in [5.41, 5.74) is 2.60. The van der Waals surface area contributed by atoms with Crippen molar-refractivity contribution in [2.45, 2.75) is 20.4 Å². The number of amides is 3. The van der Waals surface area contributed by atoms with Gasteiger partial charge in [-0.3, -0.25) is 19.3 Å². The standard InChI is InChI=1S/C20H16ClN3O3S/c1-3-23-17-11(2)8-12(21)9-15(17)28-20(23)22-16(25)10-24-18(26)13-6-4-5-7-14(13)19(24)27/h4-9H,3,10H2,1-2H3. The summed E-state index contributed by atoms with van der Waals surface area (Å²) in [4.78, 5) is 43.1. The van der Waals surface area contributed by atoms with Crippen molar-refractivity contribution in [1.29, 1.82) is 0 Å². The van der Waals surface area contributed by atoms with Crippen molar-refractivity contribution in [3.8, 4) is 0 Å². The van der Waals surface area contributed by atoms with Gasteiger partial charge in [-0.25, -0.2) is 0 Å². The second kappa shape index (κ2) is 7.00. The van der Waals surface area contributed by atoms with Crippen molar-refractivity contribution in [3.05, 3.63) is 62.9 Å². The molecule has 0 spiro atoms. The van der Waals surface area contributed by atoms with E-state index in [-0.39, 0.29) is 6.54 Å². The molecule has 0 unspecified atom stereocenters. The van der Waals surface area contributed by atoms with Crippen LogP contribution in [-0.2, 0) is 11.3 Å². The number of aromatic nitrogens is 1. The van der Waals surface area contributed by atoms with Crippen LogP contribution in [0.25, 0.3) is 10.2 Å². The molecule has 28 heavy (non-hydrogen) atoms. The van der Waals surface area contributed by atoms with Gasteiger partial charge in [0.05, 0.1) is 21.3 Å². The quantitative estimate of drug-likeness (QED) is 0.618. The Kier molecular flexibility index (Phi) is 4.64. The first kappa shape index (κ1) is 18.6. The third-order valence-corrected chi connectivity index (χ3v) is 5.88. The van der Waals surface area contributed by atoms with E-state index in [0.29, 0.717) is 27.5 Å². The summed E-state index contributed by atoms with van der Waals surface area (Å²) in [5.74, 6) is -1.48. The molecule has 142 valence electrons. The molecule has 0 N–H and O–H groups in total. The van der Waals surface area contributed by atoms with E-state index in [1.165, 1.54) is 11.3 Å². The molecular formula is C20H16ClN3O3S. The maximum absolute atomic E-state index is 12.6. The van der Waals surface area contributed by atoms with Crippen molar-refractivity contribution < 1.29 is 14.4 Å². The zero-order valence-electron chi connectivity index (χ0n) is 15.2. The van der Waals surface area contributed by atoms with E-state index in [9.17, 15) is 14.4 Å². The second-order valence-corrected chi connectivity index (χ2v) is 7.89. The number of thiazole rings is 1. The van der Waals surface area contributed by atoms with E-state index < -0.39 is 17.7 Å². The lowest BCUT2D eigenvalue weighted by molar-refractivity contribution is -0.118. The van der Waals surface area contributed by atoms with Crippen LogP contribution < -0.4 is 4.80 Å². The number of aryl methyl sites for hydroxylation is 2. The average molecular weight is 414 g/mol. The largest absolute Gasteiger partial charge is 0.316 e. The van der Waals surface area contributed by atoms with E-state index >= 15 is 0 Å². The summed E-state index contributed by atoms with van der Waals surface area (Å²) in [6.07, 6.45) is 0. The Bertz CT molecular complexity index is 1190. The topological polar surface area (TPSA) is 71.7 Å². The Balaban J connectivity index is 1.69. The molecule has 3 amide bonds. The van der Waals surface area contributed by atoms with Gasteiger partial charge >= 0.3 is 0 Å². The Hall–Kier alpha value is -2.77. The first-order chi connectivity index (χ1) is 13.4. The Morgan fingerprint density at radius 1 is 1.14 bits per heavy atom. The summed E-state index contributed by atoms with van der Waals surface area (Å²) in [7, 11) is 0. The summed E-state index contributed by atoms with van der Waals surface area (Å²) in [6, 6.07) is 10.3. The van der Waals surface area contributed by atoms with E-state index in [1.54, 1.807) is 24.3 Å². The van der Waals surface area contributed by atoms with Gasteiger partial charge < -0.3 is 4.57 Å². The minimum absolute atomic E-state index is 0.316. The maximum atomic E-state index is 12.6. The van der Waals surface area contributed by atoms with Gasteiger partial charge in [-0.05, 0) is 43.7 Å². The van der Waals surface area contributed by atoms with Crippen molar-refractivity contribution >= 4 is 50.9 Å². The number of nitrogens with zero attached hydrogens (tertiary/aromatic N) is 3. The molecule has 6 nitrogen and oxygen atoms in total. The molecular weight excluding hydrogens is 398 g/mol. The van der Waals surface area contributed by atoms with Crippen LogP contribution in [0, 0.1) is 6.92 Å². The number of fused-ring (bicyclic) bond motifs is 2. The first-order valence-corrected chi connectivity index (χ1v) is 9.92. The number of carbonyl (C=O) groups is 3. The van der Waals surface area contributed by atoms with Gasteiger partial charge in [0.25, 0.3) is 17.7 Å². The first-order valence-electron chi connectivity index (χ1n) is 8.73. The van der Waals surface area contributed by atoms with Crippen molar-refractivity contribution in [2.24, 2.45) is 4.99 Å². The highest BCUT2D eigenvalue weighted by Crippen LogP contribution is 2.26. The molecule has 0 saturated carbocycles. The van der Waals surface area contributed by atoms with Gasteiger partial charge in [0, 0.05) is 11.6 Å². The Morgan fingerprint density at radius 3 is 2.39 bits per heavy atom. The molecule has 1 aliphatic rings. The lowest BCUT2D eigenvalue weighted by atomic mass is 10.1. The number of imide groups is 1. The smallest absolute Gasteiger partial charge is 0.268 e. The fourth-order valence-corrected chi connectivity index (χ4v) is 4.98. The summed E-state index contributed by atoms with van der Waals surface area (Å²) in [5, 5.41) is 0.624. The number of hydrogen-bond donors (Lipinski definition) is 0. The predicted molar refractivity (Wildman–Crippen MR) is 108 cm³/mol. The van der Waals surface area contributed by atoms with Gasteiger partial charge in [0.2, 0.25) is 0 Å². The lowest BCUT2D eigenvalue weighted by Crippen LogP contribution is -2.35. The second-order valence-electron chi connectivity index (χ2n) is 6.45. The molecule has 2 aromatic carbocycles. The van der Waals surface area contributed by atoms with Gasteiger partial charge in [-0.2, -0.15) is 4.99 Å². The van der Waals surface area contributed by atoms with Gasteiger partial charge in [0.1, 0.15) is 6.54 Å². The van der Waals surface area contributed by atoms with Crippen LogP contribution in [0.15, 0.2) is 41.4 Å². The third-order valence-electron chi connectivity index (χ3n) is 4.64. The van der Waals surface area contributed by atoms with Crippen LogP contribution in [0.3, 0.4) is 0 Å². The fraction of sp³-hybridized carbons (Fsp3) is 0.200. The van der Waals surface area contributed by atoms with Crippen LogP contribution in [0.4, 0.5) is 0 Å². The normalized spacial score (nSPS) is 14.2. The number of hydrogen-bond acceptors (Lipinski definition) is 4. The fourth-order valence-electron chi connectivity index (χ4n) is 3.41. The summed E-state index contributed by atoms with van der Waals surface area (Å²) >= 11 is 7.50. The number of benzene rings is 2. The van der Waals surface area contributed by atoms with Crippen LogP contribution in [-0.4, -0.2) is 33.7 Å². The molecule has 0 bridgehead atoms. The van der Waals surface area contributed by atoms with E-state index in [4.69, 9.17) is 11.6 Å². The SMILES string of the molecule is CCn1c(=NC(=O)CN2C(=O)c3ccccc3C2=O)sc2cc(Cl)cc(C)c21. The van der Waals surface area contributed by atoms with Crippen LogP contribution in [0.1, 0.15) is 33.2 Å². The van der Waals surface area contributed by atoms with Gasteiger partial charge in [0.15, 0.2) is 4.80 Å². The highest BCUT2D eigenvalue weighted by Gasteiger charge is 2.36. The predicted octanol–water partition coefficient (Wildman–Crippen LogP) is 3.41. The van der Waals surface area contributed by atoms with Gasteiger partial charge in [-0.1, -0.05) is 35.1 Å². The molecule has 0 atom stereocenters. The average Bonchev–Trinajstić information content (AvgIpc) is 3.12. The minimum atomic E-state index is -0.549. The van der Waals surface area contributed by atoms with Crippen LogP contribution >= 0.6 is 22.9 Å². The van der Waals surface area contributed by atoms with Crippen molar-refractivity contribution in [3.63, 3.8) is 0 Å². The van der Waals surface area contributed by atoms with Crippen molar-refractivity contribution in [1.82, 2.24) is 9.47 Å². The highest BCUT2D eigenvalue weighted by molar-refractivity contribution is 7.16. The summed E-state index contributed by atoms with van der Waals surface area (Å²) in [6.45, 7) is 4.16. The monoisotopic (exact) mass is 413 g/mol. The molecule has 3 aromatic rings. The minimum Gasteiger partial charge on any atom is -0.316 e. The lowest BCUT2D eigenvalue weighted by Gasteiger charge is -2.10. The third kappa shape index (κ3) is 2.96. The van der Waals surface area contributed by atoms with Gasteiger partial charge in [-0.15, -0.1) is 0 Å². The zero-order valence-corrected chi connectivity index (χ0v) is 16.8. The summed E-state index contributed by atoms with van der Waals surface area (Å²) < 4.78 is 2.87.